The number of ketones is 1. The second-order valence-electron chi connectivity index (χ2n) is 7.57. The normalized spacial score (nSPS) is 21.4. The first-order valence-electron chi connectivity index (χ1n) is 10.1. The van der Waals surface area contributed by atoms with Crippen LogP contribution in [-0.4, -0.2) is 30.1 Å². The van der Waals surface area contributed by atoms with E-state index in [0.717, 1.165) is 11.3 Å². The number of Topliss-reactive ketones (excluding diaryl/α,β-unsaturated/α-hetero) is 1. The van der Waals surface area contributed by atoms with E-state index in [1.165, 1.54) is 22.7 Å². The van der Waals surface area contributed by atoms with E-state index < -0.39 is 0 Å². The van der Waals surface area contributed by atoms with E-state index in [0.29, 0.717) is 25.3 Å². The van der Waals surface area contributed by atoms with Crippen LogP contribution < -0.4 is 10.2 Å². The molecular weight excluding hydrogens is 378 g/mol. The minimum Gasteiger partial charge on any atom is -0.428 e. The summed E-state index contributed by atoms with van der Waals surface area (Å²) in [6.45, 7) is 0.635. The first-order chi connectivity index (χ1) is 14.7. The molecule has 3 aromatic rings. The van der Waals surface area contributed by atoms with Crippen molar-refractivity contribution in [2.24, 2.45) is 0 Å². The van der Waals surface area contributed by atoms with Crippen LogP contribution in [0.5, 0.6) is 0 Å². The molecular formula is C24H23N3O3. The molecule has 1 N–H and O–H groups in total. The Labute approximate surface area is 174 Å². The molecule has 1 aliphatic heterocycles. The predicted molar refractivity (Wildman–Crippen MR) is 115 cm³/mol. The van der Waals surface area contributed by atoms with Crippen LogP contribution in [0.4, 0.5) is 5.88 Å². The molecule has 0 spiro atoms. The van der Waals surface area contributed by atoms with Crippen LogP contribution in [0.2, 0.25) is 0 Å². The third-order valence-electron chi connectivity index (χ3n) is 5.83. The first kappa shape index (κ1) is 18.8. The molecule has 6 heteroatoms. The maximum Gasteiger partial charge on any atom is 0.221 e. The van der Waals surface area contributed by atoms with Gasteiger partial charge in [0.2, 0.25) is 5.88 Å². The van der Waals surface area contributed by atoms with Crippen LogP contribution in [-0.2, 0) is 16.1 Å². The number of rotatable bonds is 5. The maximum atomic E-state index is 12.9. The third-order valence-corrected chi connectivity index (χ3v) is 5.83. The molecule has 2 aromatic carbocycles. The number of hydrogen-bond acceptors (Lipinski definition) is 6. The minimum absolute atomic E-state index is 0.0706. The molecule has 2 aliphatic rings. The highest BCUT2D eigenvalue weighted by molar-refractivity contribution is 6.01. The predicted octanol–water partition coefficient (Wildman–Crippen LogP) is 3.95. The fourth-order valence-corrected chi connectivity index (χ4v) is 4.33. The van der Waals surface area contributed by atoms with Crippen LogP contribution in [0.1, 0.15) is 18.4 Å². The summed E-state index contributed by atoms with van der Waals surface area (Å²) >= 11 is 0. The monoisotopic (exact) mass is 401 g/mol. The van der Waals surface area contributed by atoms with E-state index in [2.05, 4.69) is 45.5 Å². The number of allylic oxidation sites excluding steroid dienone is 2. The fourth-order valence-electron chi connectivity index (χ4n) is 4.33. The van der Waals surface area contributed by atoms with Crippen molar-refractivity contribution in [3.05, 3.63) is 84.0 Å². The van der Waals surface area contributed by atoms with Gasteiger partial charge in [-0.1, -0.05) is 54.6 Å². The number of ether oxygens (including phenoxy) is 1. The maximum absolute atomic E-state index is 12.9. The van der Waals surface area contributed by atoms with Crippen molar-refractivity contribution < 1.29 is 13.9 Å². The second kappa shape index (κ2) is 7.89. The summed E-state index contributed by atoms with van der Waals surface area (Å²) in [5.41, 5.74) is 2.83. The van der Waals surface area contributed by atoms with Gasteiger partial charge in [-0.15, -0.1) is 0 Å². The van der Waals surface area contributed by atoms with Gasteiger partial charge in [0.05, 0.1) is 18.5 Å². The van der Waals surface area contributed by atoms with E-state index in [1.54, 1.807) is 13.3 Å². The zero-order chi connectivity index (χ0) is 20.5. The van der Waals surface area contributed by atoms with Gasteiger partial charge in [-0.3, -0.25) is 15.0 Å². The van der Waals surface area contributed by atoms with Crippen LogP contribution in [0, 0.1) is 0 Å². The number of aromatic nitrogens is 1. The summed E-state index contributed by atoms with van der Waals surface area (Å²) in [4.78, 5) is 19.1. The summed E-state index contributed by atoms with van der Waals surface area (Å²) in [5.74, 6) is 0.748. The Bertz CT molecular complexity index is 1130. The molecule has 5 rings (SSSR count). The molecule has 0 saturated heterocycles. The van der Waals surface area contributed by atoms with Crippen molar-refractivity contribution in [1.29, 1.82) is 0 Å². The second-order valence-corrected chi connectivity index (χ2v) is 7.57. The van der Waals surface area contributed by atoms with Gasteiger partial charge < -0.3 is 9.15 Å². The lowest BCUT2D eigenvalue weighted by Gasteiger charge is -2.40. The topological polar surface area (TPSA) is 67.6 Å². The number of carbonyl (C=O) groups is 1. The van der Waals surface area contributed by atoms with Gasteiger partial charge in [0.25, 0.3) is 0 Å². The summed E-state index contributed by atoms with van der Waals surface area (Å²) in [7, 11) is 1.68. The summed E-state index contributed by atoms with van der Waals surface area (Å²) in [5, 5.41) is 5.99. The largest absolute Gasteiger partial charge is 0.428 e. The molecule has 1 aromatic heterocycles. The number of hydrogen-bond donors (Lipinski definition) is 1. The molecule has 30 heavy (non-hydrogen) atoms. The lowest BCUT2D eigenvalue weighted by molar-refractivity contribution is -0.116. The van der Waals surface area contributed by atoms with Gasteiger partial charge >= 0.3 is 0 Å². The Kier molecular flexibility index (Phi) is 4.94. The van der Waals surface area contributed by atoms with Crippen molar-refractivity contribution in [3.8, 4) is 0 Å². The summed E-state index contributed by atoms with van der Waals surface area (Å²) < 4.78 is 11.2. The van der Waals surface area contributed by atoms with Crippen LogP contribution >= 0.6 is 0 Å². The van der Waals surface area contributed by atoms with Crippen molar-refractivity contribution in [2.75, 3.05) is 12.0 Å². The lowest BCUT2D eigenvalue weighted by Crippen LogP contribution is -2.51. The number of nitrogens with one attached hydrogen (secondary N) is 1. The number of methoxy groups -OCH3 is 1. The van der Waals surface area contributed by atoms with Crippen LogP contribution in [0.15, 0.2) is 82.9 Å². The van der Waals surface area contributed by atoms with Crippen molar-refractivity contribution >= 4 is 22.4 Å². The third kappa shape index (κ3) is 3.34. The fraction of sp³-hybridized carbons (Fsp3) is 0.250. The first-order valence-corrected chi connectivity index (χ1v) is 10.1. The number of fused-ring (bicyclic) bond motifs is 1. The average Bonchev–Trinajstić information content (AvgIpc) is 3.31. The highest BCUT2D eigenvalue weighted by Crippen LogP contribution is 2.35. The molecule has 0 saturated carbocycles. The lowest BCUT2D eigenvalue weighted by atomic mass is 9.90. The van der Waals surface area contributed by atoms with Gasteiger partial charge in [-0.25, -0.2) is 4.98 Å². The highest BCUT2D eigenvalue weighted by Gasteiger charge is 2.37. The molecule has 0 fully saturated rings. The summed E-state index contributed by atoms with van der Waals surface area (Å²) in [6, 6.07) is 14.6. The molecule has 2 heterocycles. The van der Waals surface area contributed by atoms with Gasteiger partial charge in [0.15, 0.2) is 12.2 Å². The molecule has 152 valence electrons. The smallest absolute Gasteiger partial charge is 0.221 e. The van der Waals surface area contributed by atoms with Gasteiger partial charge in [-0.2, -0.15) is 0 Å². The Hall–Kier alpha value is -3.22. The van der Waals surface area contributed by atoms with Gasteiger partial charge in [-0.05, 0) is 16.3 Å². The highest BCUT2D eigenvalue weighted by atomic mass is 16.5. The van der Waals surface area contributed by atoms with E-state index in [4.69, 9.17) is 9.15 Å². The van der Waals surface area contributed by atoms with E-state index >= 15 is 0 Å². The van der Waals surface area contributed by atoms with Crippen molar-refractivity contribution in [1.82, 2.24) is 10.3 Å². The SMILES string of the molecule is COC1C=CC2=C(C1)N(c1cnco1)C(NCc1cccc3ccccc13)CC2=O. The Morgan fingerprint density at radius 2 is 2.07 bits per heavy atom. The minimum atomic E-state index is -0.229. The van der Waals surface area contributed by atoms with E-state index in [1.807, 2.05) is 24.3 Å². The number of nitrogens with zero attached hydrogens (tertiary/aromatic N) is 2. The number of benzene rings is 2. The van der Waals surface area contributed by atoms with Gasteiger partial charge in [0, 0.05) is 37.8 Å². The number of oxazole rings is 1. The Balaban J connectivity index is 1.47. The summed E-state index contributed by atoms with van der Waals surface area (Å²) in [6.07, 6.45) is 7.59. The zero-order valence-corrected chi connectivity index (χ0v) is 16.7. The quantitative estimate of drug-likeness (QED) is 0.698. The number of anilines is 1. The van der Waals surface area contributed by atoms with Crippen LogP contribution in [0.25, 0.3) is 10.8 Å². The van der Waals surface area contributed by atoms with Crippen LogP contribution in [0.3, 0.4) is 0 Å². The Morgan fingerprint density at radius 3 is 2.90 bits per heavy atom. The van der Waals surface area contributed by atoms with E-state index in [9.17, 15) is 4.79 Å². The Morgan fingerprint density at radius 1 is 1.20 bits per heavy atom. The molecule has 1 aliphatic carbocycles. The molecule has 2 atom stereocenters. The van der Waals surface area contributed by atoms with Crippen molar-refractivity contribution in [3.63, 3.8) is 0 Å². The van der Waals surface area contributed by atoms with Gasteiger partial charge in [0.1, 0.15) is 0 Å². The standard InChI is InChI=1S/C24H23N3O3/c1-29-18-9-10-20-21(11-18)27(24-14-25-15-30-24)23(12-22(20)28)26-13-17-7-4-6-16-5-2-3-8-19(16)17/h2-10,14-15,18,23,26H,11-13H2,1H3. The molecule has 0 bridgehead atoms. The van der Waals surface area contributed by atoms with Crippen molar-refractivity contribution in [2.45, 2.75) is 31.7 Å². The molecule has 6 nitrogen and oxygen atoms in total. The molecule has 2 unspecified atom stereocenters. The molecule has 0 amide bonds. The average molecular weight is 401 g/mol. The number of carbonyl (C=O) groups excluding carboxylic acids is 1. The molecule has 0 radical (unpaired) electrons. The van der Waals surface area contributed by atoms with E-state index in [-0.39, 0.29) is 18.1 Å². The zero-order valence-electron chi connectivity index (χ0n) is 16.7.